The SMILES string of the molecule is N#Cc1c(Cl)cccc1N(CC1CCCNC1)C1CC1. The third kappa shape index (κ3) is 2.92. The summed E-state index contributed by atoms with van der Waals surface area (Å²) in [6.45, 7) is 3.26. The number of nitriles is 1. The normalized spacial score (nSPS) is 22.3. The maximum absolute atomic E-state index is 9.38. The molecule has 1 unspecified atom stereocenters. The van der Waals surface area contributed by atoms with E-state index in [0.29, 0.717) is 22.5 Å². The van der Waals surface area contributed by atoms with Gasteiger partial charge in [-0.3, -0.25) is 0 Å². The molecule has 0 amide bonds. The van der Waals surface area contributed by atoms with E-state index in [1.807, 2.05) is 12.1 Å². The standard InChI is InChI=1S/C16H20ClN3/c17-15-4-1-5-16(14(15)9-18)20(13-6-7-13)11-12-3-2-8-19-10-12/h1,4-5,12-13,19H,2-3,6-8,10-11H2. The summed E-state index contributed by atoms with van der Waals surface area (Å²) in [5.41, 5.74) is 1.65. The minimum absolute atomic E-state index is 0.567. The highest BCUT2D eigenvalue weighted by molar-refractivity contribution is 6.32. The largest absolute Gasteiger partial charge is 0.367 e. The van der Waals surface area contributed by atoms with Gasteiger partial charge in [0, 0.05) is 12.6 Å². The van der Waals surface area contributed by atoms with Crippen LogP contribution in [0, 0.1) is 17.2 Å². The van der Waals surface area contributed by atoms with Gasteiger partial charge in [-0.05, 0) is 56.8 Å². The van der Waals surface area contributed by atoms with E-state index in [9.17, 15) is 5.26 Å². The van der Waals surface area contributed by atoms with E-state index in [0.717, 1.165) is 25.3 Å². The first-order valence-electron chi connectivity index (χ1n) is 7.45. The molecule has 1 aliphatic heterocycles. The molecule has 1 N–H and O–H groups in total. The number of hydrogen-bond acceptors (Lipinski definition) is 3. The van der Waals surface area contributed by atoms with Crippen LogP contribution in [0.15, 0.2) is 18.2 Å². The zero-order valence-corrected chi connectivity index (χ0v) is 12.4. The molecule has 1 aromatic carbocycles. The van der Waals surface area contributed by atoms with Gasteiger partial charge in [0.2, 0.25) is 0 Å². The summed E-state index contributed by atoms with van der Waals surface area (Å²) in [4.78, 5) is 2.42. The van der Waals surface area contributed by atoms with Gasteiger partial charge in [0.15, 0.2) is 0 Å². The van der Waals surface area contributed by atoms with Crippen molar-refractivity contribution in [2.75, 3.05) is 24.5 Å². The van der Waals surface area contributed by atoms with Gasteiger partial charge < -0.3 is 10.2 Å². The molecular formula is C16H20ClN3. The molecule has 4 heteroatoms. The molecule has 3 nitrogen and oxygen atoms in total. The minimum Gasteiger partial charge on any atom is -0.367 e. The van der Waals surface area contributed by atoms with Crippen LogP contribution in [0.5, 0.6) is 0 Å². The van der Waals surface area contributed by atoms with Crippen molar-refractivity contribution in [3.63, 3.8) is 0 Å². The molecule has 106 valence electrons. The fourth-order valence-corrected chi connectivity index (χ4v) is 3.26. The van der Waals surface area contributed by atoms with Crippen LogP contribution < -0.4 is 10.2 Å². The lowest BCUT2D eigenvalue weighted by molar-refractivity contribution is 0.376. The summed E-state index contributed by atoms with van der Waals surface area (Å²) in [6.07, 6.45) is 5.00. The quantitative estimate of drug-likeness (QED) is 0.925. The molecule has 3 rings (SSSR count). The molecule has 0 bridgehead atoms. The van der Waals surface area contributed by atoms with Gasteiger partial charge in [-0.15, -0.1) is 0 Å². The number of piperidine rings is 1. The monoisotopic (exact) mass is 289 g/mol. The van der Waals surface area contributed by atoms with Gasteiger partial charge in [0.25, 0.3) is 0 Å². The molecule has 1 aliphatic carbocycles. The van der Waals surface area contributed by atoms with Crippen molar-refractivity contribution in [3.05, 3.63) is 28.8 Å². The van der Waals surface area contributed by atoms with Crippen LogP contribution in [-0.2, 0) is 0 Å². The van der Waals surface area contributed by atoms with Crippen LogP contribution in [0.2, 0.25) is 5.02 Å². The number of halogens is 1. The van der Waals surface area contributed by atoms with E-state index in [1.54, 1.807) is 6.07 Å². The third-order valence-electron chi connectivity index (χ3n) is 4.25. The first kappa shape index (κ1) is 13.7. The van der Waals surface area contributed by atoms with Crippen molar-refractivity contribution < 1.29 is 0 Å². The number of nitrogens with zero attached hydrogens (tertiary/aromatic N) is 2. The third-order valence-corrected chi connectivity index (χ3v) is 4.57. The Kier molecular flexibility index (Phi) is 4.14. The van der Waals surface area contributed by atoms with Crippen molar-refractivity contribution in [2.24, 2.45) is 5.92 Å². The number of nitrogens with one attached hydrogen (secondary N) is 1. The Morgan fingerprint density at radius 3 is 2.85 bits per heavy atom. The zero-order valence-electron chi connectivity index (χ0n) is 11.6. The van der Waals surface area contributed by atoms with Crippen LogP contribution in [0.1, 0.15) is 31.2 Å². The molecule has 1 saturated heterocycles. The average Bonchev–Trinajstić information content (AvgIpc) is 3.30. The lowest BCUT2D eigenvalue weighted by Crippen LogP contribution is -2.39. The molecule has 20 heavy (non-hydrogen) atoms. The van der Waals surface area contributed by atoms with Crippen molar-refractivity contribution in [3.8, 4) is 6.07 Å². The average molecular weight is 290 g/mol. The highest BCUT2D eigenvalue weighted by Crippen LogP contribution is 2.36. The Bertz CT molecular complexity index is 513. The van der Waals surface area contributed by atoms with Gasteiger partial charge in [0.05, 0.1) is 16.3 Å². The van der Waals surface area contributed by atoms with Crippen LogP contribution in [0.4, 0.5) is 5.69 Å². The van der Waals surface area contributed by atoms with Crippen LogP contribution in [0.25, 0.3) is 0 Å². The van der Waals surface area contributed by atoms with E-state index < -0.39 is 0 Å². The molecule has 1 saturated carbocycles. The van der Waals surface area contributed by atoms with Crippen LogP contribution in [0.3, 0.4) is 0 Å². The molecule has 1 atom stereocenters. The number of hydrogen-bond donors (Lipinski definition) is 1. The van der Waals surface area contributed by atoms with E-state index in [2.05, 4.69) is 16.3 Å². The van der Waals surface area contributed by atoms with E-state index in [1.165, 1.54) is 25.7 Å². The molecule has 2 fully saturated rings. The van der Waals surface area contributed by atoms with Gasteiger partial charge in [-0.25, -0.2) is 0 Å². The molecule has 1 heterocycles. The second-order valence-corrected chi connectivity index (χ2v) is 6.25. The molecule has 1 aromatic rings. The van der Waals surface area contributed by atoms with Crippen molar-refractivity contribution in [2.45, 2.75) is 31.7 Å². The Morgan fingerprint density at radius 2 is 2.20 bits per heavy atom. The molecule has 2 aliphatic rings. The van der Waals surface area contributed by atoms with E-state index >= 15 is 0 Å². The summed E-state index contributed by atoms with van der Waals surface area (Å²) in [7, 11) is 0. The Labute approximate surface area is 125 Å². The molecule has 0 spiro atoms. The Balaban J connectivity index is 1.83. The van der Waals surface area contributed by atoms with Crippen molar-refractivity contribution in [1.29, 1.82) is 5.26 Å². The fraction of sp³-hybridized carbons (Fsp3) is 0.562. The predicted octanol–water partition coefficient (Wildman–Crippen LogP) is 3.18. The summed E-state index contributed by atoms with van der Waals surface area (Å²) in [5, 5.41) is 13.4. The number of anilines is 1. The van der Waals surface area contributed by atoms with Gasteiger partial charge >= 0.3 is 0 Å². The zero-order chi connectivity index (χ0) is 13.9. The predicted molar refractivity (Wildman–Crippen MR) is 82.1 cm³/mol. The first-order chi connectivity index (χ1) is 9.79. The summed E-state index contributed by atoms with van der Waals surface area (Å²) in [6, 6.07) is 8.67. The van der Waals surface area contributed by atoms with E-state index in [-0.39, 0.29) is 0 Å². The number of benzene rings is 1. The lowest BCUT2D eigenvalue weighted by atomic mass is 9.98. The first-order valence-corrected chi connectivity index (χ1v) is 7.83. The lowest BCUT2D eigenvalue weighted by Gasteiger charge is -2.32. The van der Waals surface area contributed by atoms with Crippen molar-refractivity contribution in [1.82, 2.24) is 5.32 Å². The smallest absolute Gasteiger partial charge is 0.103 e. The van der Waals surface area contributed by atoms with Gasteiger partial charge in [-0.2, -0.15) is 5.26 Å². The summed E-state index contributed by atoms with van der Waals surface area (Å²) in [5.74, 6) is 0.676. The summed E-state index contributed by atoms with van der Waals surface area (Å²) >= 11 is 6.18. The van der Waals surface area contributed by atoms with Crippen LogP contribution in [-0.4, -0.2) is 25.7 Å². The maximum atomic E-state index is 9.38. The topological polar surface area (TPSA) is 39.1 Å². The minimum atomic E-state index is 0.567. The Hall–Kier alpha value is -1.24. The molecule has 0 aromatic heterocycles. The fourth-order valence-electron chi connectivity index (χ4n) is 3.05. The highest BCUT2D eigenvalue weighted by Gasteiger charge is 2.32. The van der Waals surface area contributed by atoms with E-state index in [4.69, 9.17) is 11.6 Å². The van der Waals surface area contributed by atoms with Gasteiger partial charge in [-0.1, -0.05) is 17.7 Å². The highest BCUT2D eigenvalue weighted by atomic mass is 35.5. The van der Waals surface area contributed by atoms with Gasteiger partial charge in [0.1, 0.15) is 6.07 Å². The Morgan fingerprint density at radius 1 is 1.35 bits per heavy atom. The second kappa shape index (κ2) is 6.03. The van der Waals surface area contributed by atoms with Crippen LogP contribution >= 0.6 is 11.6 Å². The maximum Gasteiger partial charge on any atom is 0.103 e. The molecular weight excluding hydrogens is 270 g/mol. The number of rotatable bonds is 4. The summed E-state index contributed by atoms with van der Waals surface area (Å²) < 4.78 is 0. The molecule has 0 radical (unpaired) electrons. The van der Waals surface area contributed by atoms with Crippen molar-refractivity contribution >= 4 is 17.3 Å². The second-order valence-electron chi connectivity index (χ2n) is 5.84.